The van der Waals surface area contributed by atoms with Gasteiger partial charge in [0.05, 0.1) is 5.56 Å². The highest BCUT2D eigenvalue weighted by Gasteiger charge is 2.30. The monoisotopic (exact) mass is 345 g/mol. The molecule has 0 saturated heterocycles. The molecule has 1 atom stereocenters. The standard InChI is InChI=1S/C17H22F3NO3/c1-12(13-6-5-7-14(11-13)17(18,19)20)10-15(22)21-9-4-2-3-8-16(23)24/h5-7,11-12H,2-4,8-10H2,1H3,(H,21,22)(H,23,24). The van der Waals surface area contributed by atoms with E-state index in [-0.39, 0.29) is 24.7 Å². The summed E-state index contributed by atoms with van der Waals surface area (Å²) >= 11 is 0. The van der Waals surface area contributed by atoms with Gasteiger partial charge in [-0.3, -0.25) is 9.59 Å². The molecular formula is C17H22F3NO3. The van der Waals surface area contributed by atoms with Gasteiger partial charge in [-0.15, -0.1) is 0 Å². The van der Waals surface area contributed by atoms with Crippen molar-refractivity contribution in [3.8, 4) is 0 Å². The molecule has 1 aromatic rings. The van der Waals surface area contributed by atoms with Crippen LogP contribution in [0.25, 0.3) is 0 Å². The van der Waals surface area contributed by atoms with Gasteiger partial charge >= 0.3 is 12.1 Å². The summed E-state index contributed by atoms with van der Waals surface area (Å²) in [6.07, 6.45) is -2.23. The maximum absolute atomic E-state index is 12.7. The van der Waals surface area contributed by atoms with Crippen molar-refractivity contribution in [2.24, 2.45) is 0 Å². The second-order valence-electron chi connectivity index (χ2n) is 5.78. The van der Waals surface area contributed by atoms with Crippen LogP contribution in [-0.2, 0) is 15.8 Å². The number of benzene rings is 1. The lowest BCUT2D eigenvalue weighted by atomic mass is 9.95. The topological polar surface area (TPSA) is 66.4 Å². The van der Waals surface area contributed by atoms with Crippen molar-refractivity contribution in [1.82, 2.24) is 5.32 Å². The van der Waals surface area contributed by atoms with E-state index in [9.17, 15) is 22.8 Å². The summed E-state index contributed by atoms with van der Waals surface area (Å²) in [5, 5.41) is 11.2. The van der Waals surface area contributed by atoms with Gasteiger partial charge < -0.3 is 10.4 Å². The van der Waals surface area contributed by atoms with Crippen LogP contribution in [0, 0.1) is 0 Å². The number of carbonyl (C=O) groups excluding carboxylic acids is 1. The first-order valence-electron chi connectivity index (χ1n) is 7.86. The Morgan fingerprint density at radius 2 is 1.92 bits per heavy atom. The van der Waals surface area contributed by atoms with Crippen LogP contribution < -0.4 is 5.32 Å². The van der Waals surface area contributed by atoms with Crippen molar-refractivity contribution in [2.75, 3.05) is 6.54 Å². The van der Waals surface area contributed by atoms with Gasteiger partial charge in [0.1, 0.15) is 0 Å². The first-order valence-corrected chi connectivity index (χ1v) is 7.86. The molecule has 0 aromatic heterocycles. The van der Waals surface area contributed by atoms with E-state index in [2.05, 4.69) is 5.32 Å². The number of alkyl halides is 3. The number of carboxylic acid groups (broad SMARTS) is 1. The molecule has 0 aliphatic rings. The normalized spacial score (nSPS) is 12.7. The number of carbonyl (C=O) groups is 2. The molecule has 24 heavy (non-hydrogen) atoms. The predicted octanol–water partition coefficient (Wildman–Crippen LogP) is 3.96. The van der Waals surface area contributed by atoms with Gasteiger partial charge in [0.15, 0.2) is 0 Å². The summed E-state index contributed by atoms with van der Waals surface area (Å²) in [5.74, 6) is -1.38. The first kappa shape index (κ1) is 20.0. The molecule has 2 N–H and O–H groups in total. The quantitative estimate of drug-likeness (QED) is 0.666. The number of nitrogens with one attached hydrogen (secondary N) is 1. The number of unbranched alkanes of at least 4 members (excludes halogenated alkanes) is 2. The van der Waals surface area contributed by atoms with E-state index in [1.807, 2.05) is 0 Å². The largest absolute Gasteiger partial charge is 0.481 e. The SMILES string of the molecule is CC(CC(=O)NCCCCCC(=O)O)c1cccc(C(F)(F)F)c1. The zero-order valence-electron chi connectivity index (χ0n) is 13.5. The Kier molecular flexibility index (Phi) is 7.74. The smallest absolute Gasteiger partial charge is 0.416 e. The number of rotatable bonds is 9. The Bertz CT molecular complexity index is 558. The minimum atomic E-state index is -4.39. The highest BCUT2D eigenvalue weighted by molar-refractivity contribution is 5.76. The summed E-state index contributed by atoms with van der Waals surface area (Å²) in [6, 6.07) is 5.01. The van der Waals surface area contributed by atoms with E-state index in [0.717, 1.165) is 12.1 Å². The minimum absolute atomic E-state index is 0.108. The van der Waals surface area contributed by atoms with E-state index in [0.29, 0.717) is 31.4 Å². The fraction of sp³-hybridized carbons (Fsp3) is 0.529. The number of halogens is 3. The van der Waals surface area contributed by atoms with Crippen molar-refractivity contribution in [1.29, 1.82) is 0 Å². The molecule has 0 fully saturated rings. The number of amides is 1. The van der Waals surface area contributed by atoms with Crippen molar-refractivity contribution >= 4 is 11.9 Å². The molecule has 0 bridgehead atoms. The van der Waals surface area contributed by atoms with Crippen molar-refractivity contribution < 1.29 is 27.9 Å². The molecule has 1 amide bonds. The molecule has 0 aliphatic carbocycles. The molecule has 0 radical (unpaired) electrons. The number of hydrogen-bond acceptors (Lipinski definition) is 2. The zero-order chi connectivity index (χ0) is 18.2. The zero-order valence-corrected chi connectivity index (χ0v) is 13.5. The summed E-state index contributed by atoms with van der Waals surface area (Å²) < 4.78 is 38.1. The lowest BCUT2D eigenvalue weighted by Gasteiger charge is -2.14. The molecule has 0 spiro atoms. The van der Waals surface area contributed by atoms with Crippen LogP contribution in [0.15, 0.2) is 24.3 Å². The van der Waals surface area contributed by atoms with E-state index in [1.165, 1.54) is 6.07 Å². The van der Waals surface area contributed by atoms with E-state index < -0.39 is 17.7 Å². The Morgan fingerprint density at radius 1 is 1.21 bits per heavy atom. The van der Waals surface area contributed by atoms with Crippen LogP contribution in [0.3, 0.4) is 0 Å². The third-order valence-electron chi connectivity index (χ3n) is 3.66. The lowest BCUT2D eigenvalue weighted by molar-refractivity contribution is -0.138. The summed E-state index contributed by atoms with van der Waals surface area (Å²) in [7, 11) is 0. The number of carboxylic acids is 1. The Labute approximate surface area is 139 Å². The second kappa shape index (κ2) is 9.30. The van der Waals surface area contributed by atoms with Crippen LogP contribution in [0.4, 0.5) is 13.2 Å². The molecule has 0 saturated carbocycles. The highest BCUT2D eigenvalue weighted by atomic mass is 19.4. The average Bonchev–Trinajstić information content (AvgIpc) is 2.49. The van der Waals surface area contributed by atoms with Gasteiger partial charge in [0.25, 0.3) is 0 Å². The Balaban J connectivity index is 2.38. The Hall–Kier alpha value is -2.05. The van der Waals surface area contributed by atoms with Crippen molar-refractivity contribution in [3.63, 3.8) is 0 Å². The molecule has 0 heterocycles. The van der Waals surface area contributed by atoms with E-state index in [4.69, 9.17) is 5.11 Å². The number of aliphatic carboxylic acids is 1. The van der Waals surface area contributed by atoms with E-state index in [1.54, 1.807) is 13.0 Å². The van der Waals surface area contributed by atoms with Gasteiger partial charge in [-0.05, 0) is 30.4 Å². The molecular weight excluding hydrogens is 323 g/mol. The van der Waals surface area contributed by atoms with Gasteiger partial charge in [-0.2, -0.15) is 13.2 Å². The third-order valence-corrected chi connectivity index (χ3v) is 3.66. The van der Waals surface area contributed by atoms with E-state index >= 15 is 0 Å². The fourth-order valence-electron chi connectivity index (χ4n) is 2.30. The van der Waals surface area contributed by atoms with Gasteiger partial charge in [-0.25, -0.2) is 0 Å². The second-order valence-corrected chi connectivity index (χ2v) is 5.78. The van der Waals surface area contributed by atoms with Crippen LogP contribution in [-0.4, -0.2) is 23.5 Å². The van der Waals surface area contributed by atoms with Crippen LogP contribution >= 0.6 is 0 Å². The molecule has 0 aliphatic heterocycles. The lowest BCUT2D eigenvalue weighted by Crippen LogP contribution is -2.25. The van der Waals surface area contributed by atoms with Crippen molar-refractivity contribution in [3.05, 3.63) is 35.4 Å². The molecule has 1 unspecified atom stereocenters. The molecule has 7 heteroatoms. The fourth-order valence-corrected chi connectivity index (χ4v) is 2.30. The van der Waals surface area contributed by atoms with Gasteiger partial charge in [0, 0.05) is 19.4 Å². The summed E-state index contributed by atoms with van der Waals surface area (Å²) in [5.41, 5.74) is -0.243. The predicted molar refractivity (Wildman–Crippen MR) is 83.6 cm³/mol. The average molecular weight is 345 g/mol. The van der Waals surface area contributed by atoms with Gasteiger partial charge in [0.2, 0.25) is 5.91 Å². The van der Waals surface area contributed by atoms with Crippen LogP contribution in [0.5, 0.6) is 0 Å². The summed E-state index contributed by atoms with van der Waals surface area (Å²) in [4.78, 5) is 22.2. The highest BCUT2D eigenvalue weighted by Crippen LogP contribution is 2.31. The molecule has 1 rings (SSSR count). The third kappa shape index (κ3) is 7.48. The molecule has 1 aromatic carbocycles. The molecule has 4 nitrogen and oxygen atoms in total. The minimum Gasteiger partial charge on any atom is -0.481 e. The van der Waals surface area contributed by atoms with Crippen molar-refractivity contribution in [2.45, 2.75) is 51.1 Å². The van der Waals surface area contributed by atoms with Gasteiger partial charge in [-0.1, -0.05) is 31.5 Å². The maximum Gasteiger partial charge on any atom is 0.416 e. The maximum atomic E-state index is 12.7. The molecule has 134 valence electrons. The van der Waals surface area contributed by atoms with Crippen LogP contribution in [0.2, 0.25) is 0 Å². The van der Waals surface area contributed by atoms with Crippen LogP contribution in [0.1, 0.15) is 56.1 Å². The summed E-state index contributed by atoms with van der Waals surface area (Å²) in [6.45, 7) is 2.15. The first-order chi connectivity index (χ1) is 11.2. The number of hydrogen-bond donors (Lipinski definition) is 2. The Morgan fingerprint density at radius 3 is 2.54 bits per heavy atom.